The van der Waals surface area contributed by atoms with Crippen LogP contribution in [0.25, 0.3) is 0 Å². The van der Waals surface area contributed by atoms with Crippen LogP contribution in [0.4, 0.5) is 0 Å². The molecule has 0 saturated heterocycles. The summed E-state index contributed by atoms with van der Waals surface area (Å²) in [4.78, 5) is 0. The molecule has 14 heavy (non-hydrogen) atoms. The quantitative estimate of drug-likeness (QED) is 0.555. The Morgan fingerprint density at radius 1 is 1.21 bits per heavy atom. The van der Waals surface area contributed by atoms with Crippen LogP contribution in [-0.4, -0.2) is 0 Å². The molecule has 2 rings (SSSR count). The molecule has 1 spiro atoms. The fraction of sp³-hybridized carbons (Fsp3) is 0.714. The zero-order chi connectivity index (χ0) is 10.8. The Morgan fingerprint density at radius 2 is 1.71 bits per heavy atom. The maximum absolute atomic E-state index is 4.13. The van der Waals surface area contributed by atoms with E-state index < -0.39 is 0 Å². The Balaban J connectivity index is 0.000000461. The average molecular weight is 192 g/mol. The SMILES string of the molecule is C=C(C=C(C)C)C1CC2(CC2)C1.CC. The zero-order valence-electron chi connectivity index (χ0n) is 10.2. The fourth-order valence-corrected chi connectivity index (χ4v) is 2.32. The molecule has 0 aromatic rings. The minimum atomic E-state index is 0.822. The van der Waals surface area contributed by atoms with E-state index in [1.165, 1.54) is 36.8 Å². The summed E-state index contributed by atoms with van der Waals surface area (Å²) in [5.41, 5.74) is 3.58. The molecule has 0 radical (unpaired) electrons. The first-order chi connectivity index (χ1) is 6.61. The lowest BCUT2D eigenvalue weighted by Gasteiger charge is -2.36. The highest BCUT2D eigenvalue weighted by atomic mass is 14.6. The largest absolute Gasteiger partial charge is 0.0956 e. The minimum absolute atomic E-state index is 0.822. The second-order valence-electron chi connectivity index (χ2n) is 4.90. The van der Waals surface area contributed by atoms with Gasteiger partial charge in [-0.05, 0) is 50.9 Å². The summed E-state index contributed by atoms with van der Waals surface area (Å²) in [6.07, 6.45) is 8.09. The van der Waals surface area contributed by atoms with Gasteiger partial charge in [0.2, 0.25) is 0 Å². The summed E-state index contributed by atoms with van der Waals surface area (Å²) >= 11 is 0. The van der Waals surface area contributed by atoms with Crippen LogP contribution in [0.3, 0.4) is 0 Å². The van der Waals surface area contributed by atoms with Gasteiger partial charge in [0.15, 0.2) is 0 Å². The van der Waals surface area contributed by atoms with E-state index in [-0.39, 0.29) is 0 Å². The van der Waals surface area contributed by atoms with Gasteiger partial charge in [0, 0.05) is 0 Å². The monoisotopic (exact) mass is 192 g/mol. The molecule has 0 nitrogen and oxygen atoms in total. The number of rotatable bonds is 2. The van der Waals surface area contributed by atoms with Gasteiger partial charge in [0.25, 0.3) is 0 Å². The molecule has 2 aliphatic rings. The lowest BCUT2D eigenvalue weighted by molar-refractivity contribution is 0.206. The molecule has 0 heteroatoms. The third-order valence-electron chi connectivity index (χ3n) is 3.31. The van der Waals surface area contributed by atoms with Gasteiger partial charge in [-0.15, -0.1) is 0 Å². The average Bonchev–Trinajstić information content (AvgIpc) is 2.82. The summed E-state index contributed by atoms with van der Waals surface area (Å²) in [6, 6.07) is 0. The predicted molar refractivity (Wildman–Crippen MR) is 64.3 cm³/mol. The Morgan fingerprint density at radius 3 is 2.07 bits per heavy atom. The predicted octanol–water partition coefficient (Wildman–Crippen LogP) is 4.73. The van der Waals surface area contributed by atoms with Crippen molar-refractivity contribution in [1.82, 2.24) is 0 Å². The van der Waals surface area contributed by atoms with Crippen molar-refractivity contribution in [3.63, 3.8) is 0 Å². The standard InChI is InChI=1S/C12H18.C2H6/c1-9(2)6-10(3)11-7-12(8-11)4-5-12;1-2/h6,11H,3-5,7-8H2,1-2H3;1-2H3. The number of hydrogen-bond acceptors (Lipinski definition) is 0. The smallest absolute Gasteiger partial charge is 0.0157 e. The van der Waals surface area contributed by atoms with E-state index in [0.717, 1.165) is 11.3 Å². The molecular formula is C14H24. The van der Waals surface area contributed by atoms with Gasteiger partial charge in [-0.25, -0.2) is 0 Å². The van der Waals surface area contributed by atoms with Crippen LogP contribution in [0.2, 0.25) is 0 Å². The molecule has 0 aliphatic heterocycles. The lowest BCUT2D eigenvalue weighted by Crippen LogP contribution is -2.25. The van der Waals surface area contributed by atoms with Crippen LogP contribution in [0.5, 0.6) is 0 Å². The van der Waals surface area contributed by atoms with E-state index in [2.05, 4.69) is 26.5 Å². The summed E-state index contributed by atoms with van der Waals surface area (Å²) in [5.74, 6) is 0.822. The molecule has 0 heterocycles. The topological polar surface area (TPSA) is 0 Å². The van der Waals surface area contributed by atoms with Gasteiger partial charge >= 0.3 is 0 Å². The summed E-state index contributed by atoms with van der Waals surface area (Å²) in [5, 5.41) is 0. The molecule has 0 aromatic carbocycles. The second kappa shape index (κ2) is 4.33. The maximum atomic E-state index is 4.13. The third kappa shape index (κ3) is 2.50. The number of hydrogen-bond donors (Lipinski definition) is 0. The Kier molecular flexibility index (Phi) is 3.58. The Labute approximate surface area is 89.1 Å². The van der Waals surface area contributed by atoms with Crippen molar-refractivity contribution in [3.05, 3.63) is 23.8 Å². The van der Waals surface area contributed by atoms with E-state index in [1.54, 1.807) is 0 Å². The number of allylic oxidation sites excluding steroid dienone is 3. The van der Waals surface area contributed by atoms with Gasteiger partial charge in [0.1, 0.15) is 0 Å². The Bertz CT molecular complexity index is 229. The van der Waals surface area contributed by atoms with Gasteiger partial charge < -0.3 is 0 Å². The van der Waals surface area contributed by atoms with Crippen LogP contribution < -0.4 is 0 Å². The minimum Gasteiger partial charge on any atom is -0.0956 e. The fourth-order valence-electron chi connectivity index (χ4n) is 2.32. The van der Waals surface area contributed by atoms with Crippen LogP contribution in [0.15, 0.2) is 23.8 Å². The molecule has 0 N–H and O–H groups in total. The van der Waals surface area contributed by atoms with Crippen molar-refractivity contribution < 1.29 is 0 Å². The van der Waals surface area contributed by atoms with Crippen LogP contribution in [0, 0.1) is 11.3 Å². The first kappa shape index (κ1) is 11.6. The molecule has 2 saturated carbocycles. The first-order valence-electron chi connectivity index (χ1n) is 5.95. The molecule has 0 amide bonds. The van der Waals surface area contributed by atoms with Gasteiger partial charge in [0.05, 0.1) is 0 Å². The van der Waals surface area contributed by atoms with E-state index in [9.17, 15) is 0 Å². The van der Waals surface area contributed by atoms with E-state index in [0.29, 0.717) is 0 Å². The normalized spacial score (nSPS) is 21.7. The highest BCUT2D eigenvalue weighted by molar-refractivity contribution is 5.26. The van der Waals surface area contributed by atoms with Crippen LogP contribution >= 0.6 is 0 Å². The molecule has 2 aliphatic carbocycles. The lowest BCUT2D eigenvalue weighted by atomic mass is 9.68. The van der Waals surface area contributed by atoms with E-state index in [4.69, 9.17) is 0 Å². The highest BCUT2D eigenvalue weighted by Crippen LogP contribution is 2.64. The summed E-state index contributed by atoms with van der Waals surface area (Å²) in [6.45, 7) is 12.4. The molecule has 0 unspecified atom stereocenters. The van der Waals surface area contributed by atoms with Crippen molar-refractivity contribution in [2.75, 3.05) is 0 Å². The molecular weight excluding hydrogens is 168 g/mol. The van der Waals surface area contributed by atoms with Crippen LogP contribution in [-0.2, 0) is 0 Å². The maximum Gasteiger partial charge on any atom is -0.0157 e. The van der Waals surface area contributed by atoms with E-state index >= 15 is 0 Å². The Hall–Kier alpha value is -0.520. The highest BCUT2D eigenvalue weighted by Gasteiger charge is 2.52. The summed E-state index contributed by atoms with van der Waals surface area (Å²) in [7, 11) is 0. The van der Waals surface area contributed by atoms with E-state index in [1.807, 2.05) is 13.8 Å². The third-order valence-corrected chi connectivity index (χ3v) is 3.31. The van der Waals surface area contributed by atoms with Crippen molar-refractivity contribution >= 4 is 0 Å². The first-order valence-corrected chi connectivity index (χ1v) is 5.95. The molecule has 0 aromatic heterocycles. The van der Waals surface area contributed by atoms with Gasteiger partial charge in [-0.3, -0.25) is 0 Å². The molecule has 0 atom stereocenters. The zero-order valence-corrected chi connectivity index (χ0v) is 10.2. The second-order valence-corrected chi connectivity index (χ2v) is 4.90. The van der Waals surface area contributed by atoms with Gasteiger partial charge in [-0.1, -0.05) is 37.6 Å². The van der Waals surface area contributed by atoms with Crippen LogP contribution in [0.1, 0.15) is 53.4 Å². The van der Waals surface area contributed by atoms with Crippen molar-refractivity contribution in [3.8, 4) is 0 Å². The van der Waals surface area contributed by atoms with Crippen molar-refractivity contribution in [2.24, 2.45) is 11.3 Å². The molecule has 80 valence electrons. The molecule has 2 fully saturated rings. The van der Waals surface area contributed by atoms with Gasteiger partial charge in [-0.2, -0.15) is 0 Å². The van der Waals surface area contributed by atoms with Crippen molar-refractivity contribution in [1.29, 1.82) is 0 Å². The van der Waals surface area contributed by atoms with Crippen molar-refractivity contribution in [2.45, 2.75) is 53.4 Å². The summed E-state index contributed by atoms with van der Waals surface area (Å²) < 4.78 is 0. The molecule has 0 bridgehead atoms.